The van der Waals surface area contributed by atoms with Gasteiger partial charge in [-0.1, -0.05) is 46.9 Å². The van der Waals surface area contributed by atoms with Crippen molar-refractivity contribution in [2.24, 2.45) is 0 Å². The van der Waals surface area contributed by atoms with Gasteiger partial charge in [0.2, 0.25) is 15.9 Å². The van der Waals surface area contributed by atoms with Crippen molar-refractivity contribution in [3.8, 4) is 11.5 Å². The highest BCUT2D eigenvalue weighted by atomic mass is 35.5. The smallest absolute Gasteiger partial charge is 0.243 e. The van der Waals surface area contributed by atoms with Gasteiger partial charge in [0.15, 0.2) is 0 Å². The first kappa shape index (κ1) is 26.1. The average molecular weight is 544 g/mol. The zero-order valence-corrected chi connectivity index (χ0v) is 21.3. The second kappa shape index (κ2) is 11.3. The predicted octanol–water partition coefficient (Wildman–Crippen LogP) is 5.49. The summed E-state index contributed by atoms with van der Waals surface area (Å²) in [6.45, 7) is -0.564. The van der Waals surface area contributed by atoms with Gasteiger partial charge in [0, 0.05) is 28.7 Å². The number of anilines is 1. The topological polar surface area (TPSA) is 84.9 Å². The number of hydrogen-bond acceptors (Lipinski definition) is 5. The lowest BCUT2D eigenvalue weighted by molar-refractivity contribution is -0.116. The van der Waals surface area contributed by atoms with Crippen molar-refractivity contribution in [2.75, 3.05) is 26.1 Å². The lowest BCUT2D eigenvalue weighted by atomic mass is 10.2. The Hall–Kier alpha value is -2.49. The first-order chi connectivity index (χ1) is 16.1. The second-order valence-corrected chi connectivity index (χ2v) is 10.3. The molecule has 0 aliphatic carbocycles. The van der Waals surface area contributed by atoms with E-state index in [1.807, 2.05) is 0 Å². The van der Waals surface area contributed by atoms with E-state index in [-0.39, 0.29) is 17.1 Å². The van der Waals surface area contributed by atoms with Crippen LogP contribution < -0.4 is 14.8 Å². The molecular weight excluding hydrogens is 523 g/mol. The minimum Gasteiger partial charge on any atom is -0.495 e. The SMILES string of the molecule is COc1cc(NC(=O)CN(Cc2cccc(Cl)c2)S(=O)(=O)c2ccc(Cl)cc2)c(OC)cc1Cl. The molecule has 0 aromatic heterocycles. The number of halogens is 3. The molecule has 0 radical (unpaired) electrons. The van der Waals surface area contributed by atoms with Gasteiger partial charge in [-0.3, -0.25) is 4.79 Å². The van der Waals surface area contributed by atoms with Crippen LogP contribution in [-0.2, 0) is 21.4 Å². The highest BCUT2D eigenvalue weighted by Crippen LogP contribution is 2.36. The van der Waals surface area contributed by atoms with Crippen LogP contribution in [0, 0.1) is 0 Å². The summed E-state index contributed by atoms with van der Waals surface area (Å²) < 4.78 is 38.3. The van der Waals surface area contributed by atoms with E-state index in [4.69, 9.17) is 44.3 Å². The molecule has 0 saturated carbocycles. The molecule has 0 aliphatic heterocycles. The largest absolute Gasteiger partial charge is 0.495 e. The molecule has 34 heavy (non-hydrogen) atoms. The van der Waals surface area contributed by atoms with E-state index in [1.54, 1.807) is 24.3 Å². The van der Waals surface area contributed by atoms with Gasteiger partial charge in [0.05, 0.1) is 36.4 Å². The number of benzene rings is 3. The van der Waals surface area contributed by atoms with Crippen LogP contribution in [0.2, 0.25) is 15.1 Å². The number of hydrogen-bond donors (Lipinski definition) is 1. The Balaban J connectivity index is 1.92. The molecule has 3 aromatic rings. The van der Waals surface area contributed by atoms with Gasteiger partial charge in [-0.25, -0.2) is 8.42 Å². The van der Waals surface area contributed by atoms with Crippen molar-refractivity contribution >= 4 is 56.4 Å². The Morgan fingerprint density at radius 1 is 0.912 bits per heavy atom. The maximum absolute atomic E-state index is 13.4. The minimum absolute atomic E-state index is 0.00234. The number of sulfonamides is 1. The van der Waals surface area contributed by atoms with Crippen molar-refractivity contribution < 1.29 is 22.7 Å². The van der Waals surface area contributed by atoms with Crippen LogP contribution in [0.25, 0.3) is 0 Å². The lowest BCUT2D eigenvalue weighted by Crippen LogP contribution is -2.37. The Labute approximate surface area is 213 Å². The molecule has 0 atom stereocenters. The fourth-order valence-electron chi connectivity index (χ4n) is 3.13. The maximum Gasteiger partial charge on any atom is 0.243 e. The van der Waals surface area contributed by atoms with E-state index in [0.29, 0.717) is 32.1 Å². The monoisotopic (exact) mass is 542 g/mol. The molecular formula is C23H21Cl3N2O5S. The Bertz CT molecular complexity index is 1280. The van der Waals surface area contributed by atoms with Gasteiger partial charge in [0.1, 0.15) is 11.5 Å². The number of amides is 1. The normalized spacial score (nSPS) is 11.4. The standard InChI is InChI=1S/C23H21Cl3N2O5S/c1-32-21-12-20(22(33-2)11-19(21)26)27-23(29)14-28(13-15-4-3-5-17(25)10-15)34(30,31)18-8-6-16(24)7-9-18/h3-12H,13-14H2,1-2H3,(H,27,29). The van der Waals surface area contributed by atoms with Crippen molar-refractivity contribution in [3.63, 3.8) is 0 Å². The van der Waals surface area contributed by atoms with Gasteiger partial charge >= 0.3 is 0 Å². The van der Waals surface area contributed by atoms with Crippen LogP contribution >= 0.6 is 34.8 Å². The van der Waals surface area contributed by atoms with Crippen LogP contribution in [0.4, 0.5) is 5.69 Å². The summed E-state index contributed by atoms with van der Waals surface area (Å²) in [5.41, 5.74) is 0.893. The Morgan fingerprint density at radius 2 is 1.59 bits per heavy atom. The number of nitrogens with zero attached hydrogens (tertiary/aromatic N) is 1. The Morgan fingerprint density at radius 3 is 2.21 bits per heavy atom. The molecule has 180 valence electrons. The molecule has 3 aromatic carbocycles. The van der Waals surface area contributed by atoms with Crippen LogP contribution in [0.15, 0.2) is 65.6 Å². The summed E-state index contributed by atoms with van der Waals surface area (Å²) in [6, 6.07) is 15.4. The molecule has 0 saturated heterocycles. The Kier molecular flexibility index (Phi) is 8.67. The molecule has 0 fully saturated rings. The summed E-state index contributed by atoms with van der Waals surface area (Å²) >= 11 is 18.1. The van der Waals surface area contributed by atoms with Crippen LogP contribution in [0.1, 0.15) is 5.56 Å². The number of methoxy groups -OCH3 is 2. The van der Waals surface area contributed by atoms with Gasteiger partial charge in [-0.2, -0.15) is 4.31 Å². The number of carbonyl (C=O) groups excluding carboxylic acids is 1. The zero-order chi connectivity index (χ0) is 24.9. The van der Waals surface area contributed by atoms with Crippen molar-refractivity contribution in [1.82, 2.24) is 4.31 Å². The predicted molar refractivity (Wildman–Crippen MR) is 134 cm³/mol. The fraction of sp³-hybridized carbons (Fsp3) is 0.174. The average Bonchev–Trinajstić information content (AvgIpc) is 2.79. The molecule has 1 amide bonds. The summed E-state index contributed by atoms with van der Waals surface area (Å²) in [5, 5.41) is 3.80. The third kappa shape index (κ3) is 6.34. The van der Waals surface area contributed by atoms with Crippen molar-refractivity contribution in [3.05, 3.63) is 81.3 Å². The van der Waals surface area contributed by atoms with Gasteiger partial charge < -0.3 is 14.8 Å². The second-order valence-electron chi connectivity index (χ2n) is 7.09. The first-order valence-corrected chi connectivity index (χ1v) is 12.4. The molecule has 11 heteroatoms. The summed E-state index contributed by atoms with van der Waals surface area (Å²) in [7, 11) is -1.20. The molecule has 3 rings (SSSR count). The highest BCUT2D eigenvalue weighted by Gasteiger charge is 2.27. The molecule has 0 heterocycles. The van der Waals surface area contributed by atoms with Crippen molar-refractivity contribution in [2.45, 2.75) is 11.4 Å². The van der Waals surface area contributed by atoms with E-state index in [9.17, 15) is 13.2 Å². The van der Waals surface area contributed by atoms with Gasteiger partial charge in [-0.05, 0) is 42.0 Å². The lowest BCUT2D eigenvalue weighted by Gasteiger charge is -2.22. The number of carbonyl (C=O) groups is 1. The van der Waals surface area contributed by atoms with Gasteiger partial charge in [-0.15, -0.1) is 0 Å². The molecule has 0 aliphatic rings. The zero-order valence-electron chi connectivity index (χ0n) is 18.2. The third-order valence-electron chi connectivity index (χ3n) is 4.77. The highest BCUT2D eigenvalue weighted by molar-refractivity contribution is 7.89. The van der Waals surface area contributed by atoms with E-state index < -0.39 is 22.5 Å². The van der Waals surface area contributed by atoms with Crippen LogP contribution in [0.3, 0.4) is 0 Å². The molecule has 0 unspecified atom stereocenters. The van der Waals surface area contributed by atoms with Crippen LogP contribution in [-0.4, -0.2) is 39.4 Å². The summed E-state index contributed by atoms with van der Waals surface area (Å²) in [5.74, 6) is 0.0191. The maximum atomic E-state index is 13.4. The molecule has 0 bridgehead atoms. The van der Waals surface area contributed by atoms with Gasteiger partial charge in [0.25, 0.3) is 0 Å². The van der Waals surface area contributed by atoms with E-state index >= 15 is 0 Å². The minimum atomic E-state index is -4.06. The van der Waals surface area contributed by atoms with Crippen LogP contribution in [0.5, 0.6) is 11.5 Å². The first-order valence-electron chi connectivity index (χ1n) is 9.85. The van der Waals surface area contributed by atoms with E-state index in [1.165, 1.54) is 50.6 Å². The summed E-state index contributed by atoms with van der Waals surface area (Å²) in [4.78, 5) is 13.0. The number of ether oxygens (including phenoxy) is 2. The fourth-order valence-corrected chi connectivity index (χ4v) is 5.08. The molecule has 1 N–H and O–H groups in total. The third-order valence-corrected chi connectivity index (χ3v) is 7.36. The quantitative estimate of drug-likeness (QED) is 0.386. The molecule has 7 nitrogen and oxygen atoms in total. The number of rotatable bonds is 9. The van der Waals surface area contributed by atoms with E-state index in [2.05, 4.69) is 5.32 Å². The number of nitrogens with one attached hydrogen (secondary N) is 1. The molecule has 0 spiro atoms. The van der Waals surface area contributed by atoms with Crippen molar-refractivity contribution in [1.29, 1.82) is 0 Å². The van der Waals surface area contributed by atoms with E-state index in [0.717, 1.165) is 4.31 Å². The summed E-state index contributed by atoms with van der Waals surface area (Å²) in [6.07, 6.45) is 0.